The Hall–Kier alpha value is -1.60. The van der Waals surface area contributed by atoms with Gasteiger partial charge in [-0.25, -0.2) is 4.99 Å². The molecule has 24 heavy (non-hydrogen) atoms. The first-order valence-corrected chi connectivity index (χ1v) is 9.02. The van der Waals surface area contributed by atoms with E-state index >= 15 is 0 Å². The maximum Gasteiger partial charge on any atom is 0.189 e. The lowest BCUT2D eigenvalue weighted by atomic mass is 9.99. The quantitative estimate of drug-likeness (QED) is 0.405. The third-order valence-electron chi connectivity index (χ3n) is 4.45. The van der Waals surface area contributed by atoms with Gasteiger partial charge in [0.1, 0.15) is 6.54 Å². The van der Waals surface area contributed by atoms with Crippen LogP contribution >= 0.6 is 0 Å². The van der Waals surface area contributed by atoms with E-state index in [1.807, 2.05) is 6.07 Å². The van der Waals surface area contributed by atoms with E-state index in [1.165, 1.54) is 0 Å². The van der Waals surface area contributed by atoms with Crippen LogP contribution in [0.25, 0.3) is 0 Å². The van der Waals surface area contributed by atoms with E-state index in [0.29, 0.717) is 18.4 Å². The van der Waals surface area contributed by atoms with Gasteiger partial charge in [0.05, 0.1) is 18.9 Å². The van der Waals surface area contributed by atoms with Gasteiger partial charge in [-0.05, 0) is 25.8 Å². The molecule has 1 aromatic heterocycles. The van der Waals surface area contributed by atoms with Crippen molar-refractivity contribution in [3.05, 3.63) is 17.5 Å². The molecule has 0 aromatic carbocycles. The summed E-state index contributed by atoms with van der Waals surface area (Å²) in [7, 11) is 0. The van der Waals surface area contributed by atoms with Gasteiger partial charge in [-0.3, -0.25) is 4.90 Å². The maximum atomic E-state index is 5.90. The zero-order chi connectivity index (χ0) is 17.2. The molecule has 1 saturated heterocycles. The number of rotatable bonds is 9. The Morgan fingerprint density at radius 3 is 2.83 bits per heavy atom. The minimum Gasteiger partial charge on any atom is -0.379 e. The van der Waals surface area contributed by atoms with Gasteiger partial charge in [0.15, 0.2) is 11.7 Å². The third kappa shape index (κ3) is 6.13. The molecule has 2 heterocycles. The largest absolute Gasteiger partial charge is 0.379 e. The van der Waals surface area contributed by atoms with Crippen LogP contribution in [0.5, 0.6) is 0 Å². The number of aliphatic imine (C=N–C) groups is 1. The van der Waals surface area contributed by atoms with Gasteiger partial charge in [-0.15, -0.1) is 0 Å². The maximum absolute atomic E-state index is 5.90. The van der Waals surface area contributed by atoms with Gasteiger partial charge in [0, 0.05) is 31.6 Å². The molecule has 0 saturated carbocycles. The van der Waals surface area contributed by atoms with Crippen LogP contribution in [0.3, 0.4) is 0 Å². The summed E-state index contributed by atoms with van der Waals surface area (Å²) in [5.74, 6) is 1.68. The highest BCUT2D eigenvalue weighted by Gasteiger charge is 2.12. The molecule has 0 radical (unpaired) electrons. The lowest BCUT2D eigenvalue weighted by molar-refractivity contribution is 0.0376. The van der Waals surface area contributed by atoms with Gasteiger partial charge in [-0.1, -0.05) is 19.0 Å². The van der Waals surface area contributed by atoms with Gasteiger partial charge < -0.3 is 20.3 Å². The van der Waals surface area contributed by atoms with Crippen LogP contribution in [0.15, 0.2) is 15.6 Å². The average molecular weight is 337 g/mol. The van der Waals surface area contributed by atoms with Crippen LogP contribution in [0.4, 0.5) is 0 Å². The molecule has 1 aliphatic heterocycles. The fourth-order valence-electron chi connectivity index (χ4n) is 2.87. The van der Waals surface area contributed by atoms with E-state index < -0.39 is 0 Å². The Bertz CT molecular complexity index is 493. The van der Waals surface area contributed by atoms with E-state index in [1.54, 1.807) is 0 Å². The van der Waals surface area contributed by atoms with Crippen molar-refractivity contribution in [2.45, 2.75) is 45.6 Å². The lowest BCUT2D eigenvalue weighted by Crippen LogP contribution is -2.39. The summed E-state index contributed by atoms with van der Waals surface area (Å²) in [4.78, 5) is 6.73. The molecule has 0 bridgehead atoms. The van der Waals surface area contributed by atoms with Crippen molar-refractivity contribution < 1.29 is 9.26 Å². The summed E-state index contributed by atoms with van der Waals surface area (Å²) in [5, 5.41) is 7.29. The molecule has 1 aliphatic rings. The fraction of sp³-hybridized carbons (Fsp3) is 0.765. The van der Waals surface area contributed by atoms with Gasteiger partial charge in [0.2, 0.25) is 0 Å². The Balaban J connectivity index is 1.66. The van der Waals surface area contributed by atoms with Crippen LogP contribution in [0, 0.1) is 0 Å². The molecule has 7 heteroatoms. The second-order valence-corrected chi connectivity index (χ2v) is 6.17. The summed E-state index contributed by atoms with van der Waals surface area (Å²) in [6.07, 6.45) is 3.18. The summed E-state index contributed by atoms with van der Waals surface area (Å²) < 4.78 is 10.7. The first kappa shape index (κ1) is 18.7. The number of hydrogen-bond donors (Lipinski definition) is 2. The van der Waals surface area contributed by atoms with Crippen molar-refractivity contribution in [3.8, 4) is 0 Å². The normalized spacial score (nSPS) is 16.7. The zero-order valence-corrected chi connectivity index (χ0v) is 15.0. The molecule has 1 fully saturated rings. The van der Waals surface area contributed by atoms with Crippen LogP contribution in [0.2, 0.25) is 0 Å². The Kier molecular flexibility index (Phi) is 8.04. The number of nitrogens with two attached hydrogens (primary N) is 1. The minimum absolute atomic E-state index is 0.426. The zero-order valence-electron chi connectivity index (χ0n) is 15.0. The summed E-state index contributed by atoms with van der Waals surface area (Å²) in [6.45, 7) is 10.4. The fourth-order valence-corrected chi connectivity index (χ4v) is 2.87. The molecule has 0 atom stereocenters. The standard InChI is InChI=1S/C17H31N5O2/c1-3-14(4-2)16-12-15(24-21-16)13-20-17(18)19-6-5-7-22-8-10-23-11-9-22/h12,14H,3-11,13H2,1-2H3,(H3,18,19,20). The van der Waals surface area contributed by atoms with Crippen molar-refractivity contribution in [2.75, 3.05) is 39.4 Å². The second kappa shape index (κ2) is 10.3. The van der Waals surface area contributed by atoms with Crippen LogP contribution in [0.1, 0.15) is 50.5 Å². The predicted molar refractivity (Wildman–Crippen MR) is 95.0 cm³/mol. The molecule has 7 nitrogen and oxygen atoms in total. The Labute approximate surface area is 144 Å². The van der Waals surface area contributed by atoms with Crippen molar-refractivity contribution in [2.24, 2.45) is 10.7 Å². The van der Waals surface area contributed by atoms with E-state index in [2.05, 4.69) is 34.2 Å². The smallest absolute Gasteiger partial charge is 0.189 e. The summed E-state index contributed by atoms with van der Waals surface area (Å²) in [6, 6.07) is 1.99. The molecule has 0 amide bonds. The molecule has 0 unspecified atom stereocenters. The molecule has 0 spiro atoms. The van der Waals surface area contributed by atoms with Crippen molar-refractivity contribution in [1.29, 1.82) is 0 Å². The molecular weight excluding hydrogens is 306 g/mol. The molecule has 0 aliphatic carbocycles. The van der Waals surface area contributed by atoms with E-state index in [-0.39, 0.29) is 0 Å². The van der Waals surface area contributed by atoms with E-state index in [9.17, 15) is 0 Å². The Morgan fingerprint density at radius 2 is 2.12 bits per heavy atom. The highest BCUT2D eigenvalue weighted by Crippen LogP contribution is 2.22. The first-order chi connectivity index (χ1) is 11.7. The topological polar surface area (TPSA) is 88.9 Å². The predicted octanol–water partition coefficient (Wildman–Crippen LogP) is 1.70. The van der Waals surface area contributed by atoms with Gasteiger partial charge in [0.25, 0.3) is 0 Å². The first-order valence-electron chi connectivity index (χ1n) is 9.02. The number of nitrogens with zero attached hydrogens (tertiary/aromatic N) is 3. The van der Waals surface area contributed by atoms with Gasteiger partial charge in [-0.2, -0.15) is 0 Å². The highest BCUT2D eigenvalue weighted by molar-refractivity contribution is 5.77. The highest BCUT2D eigenvalue weighted by atomic mass is 16.5. The number of ether oxygens (including phenoxy) is 1. The number of guanidine groups is 1. The number of morpholine rings is 1. The van der Waals surface area contributed by atoms with E-state index in [0.717, 1.165) is 70.1 Å². The van der Waals surface area contributed by atoms with Crippen molar-refractivity contribution >= 4 is 5.96 Å². The molecular formula is C17H31N5O2. The van der Waals surface area contributed by atoms with E-state index in [4.69, 9.17) is 15.0 Å². The SMILES string of the molecule is CCC(CC)c1cc(CN=C(N)NCCCN2CCOCC2)on1. The molecule has 3 N–H and O–H groups in total. The number of nitrogens with one attached hydrogen (secondary N) is 1. The summed E-state index contributed by atoms with van der Waals surface area (Å²) in [5.41, 5.74) is 6.92. The van der Waals surface area contributed by atoms with Crippen molar-refractivity contribution in [1.82, 2.24) is 15.4 Å². The molecule has 136 valence electrons. The second-order valence-electron chi connectivity index (χ2n) is 6.17. The third-order valence-corrected chi connectivity index (χ3v) is 4.45. The summed E-state index contributed by atoms with van der Waals surface area (Å²) >= 11 is 0. The average Bonchev–Trinajstić information content (AvgIpc) is 3.08. The molecule has 1 aromatic rings. The minimum atomic E-state index is 0.426. The van der Waals surface area contributed by atoms with Crippen molar-refractivity contribution in [3.63, 3.8) is 0 Å². The number of hydrogen-bond acceptors (Lipinski definition) is 5. The number of aromatic nitrogens is 1. The molecule has 2 rings (SSSR count). The van der Waals surface area contributed by atoms with Gasteiger partial charge >= 0.3 is 0 Å². The monoisotopic (exact) mass is 337 g/mol. The van der Waals surface area contributed by atoms with Crippen LogP contribution in [-0.2, 0) is 11.3 Å². The van der Waals surface area contributed by atoms with Crippen LogP contribution < -0.4 is 11.1 Å². The lowest BCUT2D eigenvalue weighted by Gasteiger charge is -2.26. The van der Waals surface area contributed by atoms with Crippen LogP contribution in [-0.4, -0.2) is 55.4 Å². The Morgan fingerprint density at radius 1 is 1.38 bits per heavy atom.